The van der Waals surface area contributed by atoms with Crippen LogP contribution in [0.15, 0.2) is 53.7 Å². The Morgan fingerprint density at radius 2 is 1.80 bits per heavy atom. The number of aromatic nitrogens is 2. The average Bonchev–Trinajstić information content (AvgIpc) is 2.79. The predicted octanol–water partition coefficient (Wildman–Crippen LogP) is 3.50. The molecule has 5 nitrogen and oxygen atoms in total. The summed E-state index contributed by atoms with van der Waals surface area (Å²) in [5.74, 6) is 0. The van der Waals surface area contributed by atoms with E-state index in [1.54, 1.807) is 12.1 Å². The highest BCUT2D eigenvalue weighted by atomic mass is 32.1. The first-order chi connectivity index (χ1) is 9.70. The normalized spacial score (nSPS) is 10.4. The van der Waals surface area contributed by atoms with Crippen LogP contribution < -0.4 is 10.6 Å². The van der Waals surface area contributed by atoms with E-state index in [-0.39, 0.29) is 6.03 Å². The Morgan fingerprint density at radius 1 is 1.05 bits per heavy atom. The van der Waals surface area contributed by atoms with Crippen LogP contribution >= 0.6 is 12.6 Å². The third-order valence-electron chi connectivity index (χ3n) is 2.76. The lowest BCUT2D eigenvalue weighted by atomic mass is 10.3. The van der Waals surface area contributed by atoms with Gasteiger partial charge in [-0.2, -0.15) is 0 Å². The third kappa shape index (κ3) is 2.75. The van der Waals surface area contributed by atoms with Crippen molar-refractivity contribution < 1.29 is 4.79 Å². The summed E-state index contributed by atoms with van der Waals surface area (Å²) in [6.45, 7) is 0. The van der Waals surface area contributed by atoms with Crippen molar-refractivity contribution in [2.45, 2.75) is 5.16 Å². The van der Waals surface area contributed by atoms with Crippen LogP contribution in [0.25, 0.3) is 11.0 Å². The fourth-order valence-electron chi connectivity index (χ4n) is 1.89. The number of thiol groups is 1. The monoisotopic (exact) mass is 284 g/mol. The van der Waals surface area contributed by atoms with Gasteiger partial charge in [-0.25, -0.2) is 9.78 Å². The molecule has 0 aliphatic heterocycles. The van der Waals surface area contributed by atoms with Crippen molar-refractivity contribution in [3.63, 3.8) is 0 Å². The van der Waals surface area contributed by atoms with Crippen LogP contribution in [0.1, 0.15) is 0 Å². The van der Waals surface area contributed by atoms with Gasteiger partial charge in [0.25, 0.3) is 0 Å². The molecular weight excluding hydrogens is 272 g/mol. The molecule has 0 aliphatic rings. The number of urea groups is 1. The molecule has 3 aromatic rings. The van der Waals surface area contributed by atoms with Gasteiger partial charge in [0.1, 0.15) is 0 Å². The zero-order valence-electron chi connectivity index (χ0n) is 10.4. The molecule has 1 heterocycles. The van der Waals surface area contributed by atoms with Crippen molar-refractivity contribution in [2.75, 3.05) is 10.6 Å². The van der Waals surface area contributed by atoms with Gasteiger partial charge in [0, 0.05) is 11.4 Å². The maximum absolute atomic E-state index is 11.9. The van der Waals surface area contributed by atoms with E-state index in [0.29, 0.717) is 10.8 Å². The Bertz CT molecular complexity index is 754. The number of H-pyrrole nitrogens is 1. The fraction of sp³-hybridized carbons (Fsp3) is 0. The van der Waals surface area contributed by atoms with Crippen LogP contribution in [0.2, 0.25) is 0 Å². The van der Waals surface area contributed by atoms with E-state index in [2.05, 4.69) is 33.2 Å². The molecule has 1 aromatic heterocycles. The highest BCUT2D eigenvalue weighted by molar-refractivity contribution is 7.80. The summed E-state index contributed by atoms with van der Waals surface area (Å²) in [4.78, 5) is 19.1. The first-order valence-electron chi connectivity index (χ1n) is 6.02. The summed E-state index contributed by atoms with van der Waals surface area (Å²) < 4.78 is 0. The van der Waals surface area contributed by atoms with Gasteiger partial charge in [-0.15, -0.1) is 12.6 Å². The Labute approximate surface area is 120 Å². The zero-order valence-corrected chi connectivity index (χ0v) is 11.3. The number of aromatic amines is 1. The van der Waals surface area contributed by atoms with Gasteiger partial charge in [-0.05, 0) is 30.3 Å². The molecule has 0 fully saturated rings. The van der Waals surface area contributed by atoms with Crippen LogP contribution in [0.3, 0.4) is 0 Å². The zero-order chi connectivity index (χ0) is 13.9. The standard InChI is InChI=1S/C14H12N4OS/c19-13(15-9-4-2-1-3-5-9)16-10-6-7-11-12(8-10)18-14(20)17-11/h1-8H,(H2,15,16,19)(H2,17,18,20). The second kappa shape index (κ2) is 5.26. The van der Waals surface area contributed by atoms with Crippen molar-refractivity contribution in [1.29, 1.82) is 0 Å². The molecule has 2 aromatic carbocycles. The van der Waals surface area contributed by atoms with Gasteiger partial charge in [-0.1, -0.05) is 18.2 Å². The minimum absolute atomic E-state index is 0.294. The Hall–Kier alpha value is -2.47. The number of para-hydroxylation sites is 1. The van der Waals surface area contributed by atoms with Crippen LogP contribution in [0.4, 0.5) is 16.2 Å². The number of imidazole rings is 1. The predicted molar refractivity (Wildman–Crippen MR) is 82.4 cm³/mol. The van der Waals surface area contributed by atoms with E-state index in [9.17, 15) is 4.79 Å². The summed E-state index contributed by atoms with van der Waals surface area (Å²) in [7, 11) is 0. The van der Waals surface area contributed by atoms with Gasteiger partial charge in [-0.3, -0.25) is 0 Å². The molecule has 0 saturated heterocycles. The summed E-state index contributed by atoms with van der Waals surface area (Å²) in [5.41, 5.74) is 3.05. The molecule has 0 bridgehead atoms. The van der Waals surface area contributed by atoms with E-state index in [1.807, 2.05) is 36.4 Å². The van der Waals surface area contributed by atoms with Gasteiger partial charge < -0.3 is 15.6 Å². The number of carbonyl (C=O) groups is 1. The molecule has 20 heavy (non-hydrogen) atoms. The molecule has 0 aliphatic carbocycles. The third-order valence-corrected chi connectivity index (χ3v) is 2.97. The number of benzene rings is 2. The van der Waals surface area contributed by atoms with E-state index >= 15 is 0 Å². The molecule has 0 atom stereocenters. The Morgan fingerprint density at radius 3 is 2.60 bits per heavy atom. The molecule has 100 valence electrons. The van der Waals surface area contributed by atoms with Gasteiger partial charge in [0.2, 0.25) is 0 Å². The number of fused-ring (bicyclic) bond motifs is 1. The first-order valence-corrected chi connectivity index (χ1v) is 6.47. The SMILES string of the molecule is O=C(Nc1ccccc1)Nc1ccc2[nH]c(S)nc2c1. The second-order valence-electron chi connectivity index (χ2n) is 4.24. The minimum Gasteiger partial charge on any atom is -0.333 e. The molecule has 2 amide bonds. The average molecular weight is 284 g/mol. The largest absolute Gasteiger partial charge is 0.333 e. The Balaban J connectivity index is 1.74. The van der Waals surface area contributed by atoms with Crippen molar-refractivity contribution >= 4 is 41.1 Å². The smallest absolute Gasteiger partial charge is 0.323 e. The molecular formula is C14H12N4OS. The lowest BCUT2D eigenvalue weighted by Gasteiger charge is -2.07. The van der Waals surface area contributed by atoms with Gasteiger partial charge >= 0.3 is 6.03 Å². The highest BCUT2D eigenvalue weighted by Crippen LogP contribution is 2.18. The van der Waals surface area contributed by atoms with E-state index in [4.69, 9.17) is 0 Å². The number of nitrogens with one attached hydrogen (secondary N) is 3. The maximum atomic E-state index is 11.9. The van der Waals surface area contributed by atoms with Crippen LogP contribution in [0.5, 0.6) is 0 Å². The van der Waals surface area contributed by atoms with E-state index in [1.165, 1.54) is 0 Å². The number of amides is 2. The second-order valence-corrected chi connectivity index (χ2v) is 4.66. The van der Waals surface area contributed by atoms with Crippen LogP contribution in [-0.2, 0) is 0 Å². The molecule has 6 heteroatoms. The molecule has 3 rings (SSSR count). The number of anilines is 2. The van der Waals surface area contributed by atoms with Gasteiger partial charge in [0.05, 0.1) is 11.0 Å². The lowest BCUT2D eigenvalue weighted by molar-refractivity contribution is 0.262. The summed E-state index contributed by atoms with van der Waals surface area (Å²) in [5, 5.41) is 6.06. The molecule has 0 spiro atoms. The summed E-state index contributed by atoms with van der Waals surface area (Å²) in [6, 6.07) is 14.4. The number of nitrogens with zero attached hydrogens (tertiary/aromatic N) is 1. The quantitative estimate of drug-likeness (QED) is 0.544. The number of hydrogen-bond acceptors (Lipinski definition) is 3. The first kappa shape index (κ1) is 12.6. The fourth-order valence-corrected chi connectivity index (χ4v) is 2.11. The topological polar surface area (TPSA) is 69.8 Å². The maximum Gasteiger partial charge on any atom is 0.323 e. The van der Waals surface area contributed by atoms with E-state index in [0.717, 1.165) is 16.7 Å². The van der Waals surface area contributed by atoms with E-state index < -0.39 is 0 Å². The van der Waals surface area contributed by atoms with Crippen LogP contribution in [0, 0.1) is 0 Å². The lowest BCUT2D eigenvalue weighted by Crippen LogP contribution is -2.19. The van der Waals surface area contributed by atoms with Crippen molar-refractivity contribution in [3.05, 3.63) is 48.5 Å². The molecule has 0 unspecified atom stereocenters. The van der Waals surface area contributed by atoms with Gasteiger partial charge in [0.15, 0.2) is 5.16 Å². The van der Waals surface area contributed by atoms with Crippen LogP contribution in [-0.4, -0.2) is 16.0 Å². The molecule has 3 N–H and O–H groups in total. The highest BCUT2D eigenvalue weighted by Gasteiger charge is 2.05. The van der Waals surface area contributed by atoms with Crippen molar-refractivity contribution in [2.24, 2.45) is 0 Å². The number of rotatable bonds is 2. The summed E-state index contributed by atoms with van der Waals surface area (Å²) in [6.07, 6.45) is 0. The summed E-state index contributed by atoms with van der Waals surface area (Å²) >= 11 is 4.15. The molecule has 0 radical (unpaired) electrons. The van der Waals surface area contributed by atoms with Crippen molar-refractivity contribution in [3.8, 4) is 0 Å². The number of carbonyl (C=O) groups excluding carboxylic acids is 1. The molecule has 0 saturated carbocycles. The Kier molecular flexibility index (Phi) is 3.30. The number of hydrogen-bond donors (Lipinski definition) is 4. The van der Waals surface area contributed by atoms with Crippen molar-refractivity contribution in [1.82, 2.24) is 9.97 Å². The minimum atomic E-state index is -0.294.